The lowest BCUT2D eigenvalue weighted by Crippen LogP contribution is -2.22. The second-order valence-corrected chi connectivity index (χ2v) is 5.16. The maximum absolute atomic E-state index is 4.42. The van der Waals surface area contributed by atoms with Crippen LogP contribution in [0.1, 0.15) is 19.5 Å². The van der Waals surface area contributed by atoms with E-state index >= 15 is 0 Å². The Morgan fingerprint density at radius 1 is 1.40 bits per heavy atom. The van der Waals surface area contributed by atoms with E-state index in [1.807, 2.05) is 11.8 Å². The minimum absolute atomic E-state index is 0.623. The number of aromatic nitrogens is 2. The number of nitrogens with zero attached hydrogens (tertiary/aromatic N) is 3. The molecule has 0 unspecified atom stereocenters. The fourth-order valence-electron chi connectivity index (χ4n) is 1.26. The molecule has 0 atom stereocenters. The van der Waals surface area contributed by atoms with Gasteiger partial charge >= 0.3 is 0 Å². The van der Waals surface area contributed by atoms with Crippen LogP contribution in [-0.4, -0.2) is 26.8 Å². The van der Waals surface area contributed by atoms with Crippen LogP contribution in [0.25, 0.3) is 0 Å². The summed E-state index contributed by atoms with van der Waals surface area (Å²) in [6.45, 7) is 5.01. The van der Waals surface area contributed by atoms with Gasteiger partial charge in [-0.2, -0.15) is 11.8 Å². The van der Waals surface area contributed by atoms with Crippen LogP contribution >= 0.6 is 11.8 Å². The highest BCUT2D eigenvalue weighted by molar-refractivity contribution is 8.00. The van der Waals surface area contributed by atoms with Gasteiger partial charge in [0.25, 0.3) is 0 Å². The number of aliphatic imine (C=N–C) groups is 1. The third kappa shape index (κ3) is 2.68. The topological polar surface area (TPSA) is 50.2 Å². The number of nitrogens with one attached hydrogen (secondary N) is 1. The predicted octanol–water partition coefficient (Wildman–Crippen LogP) is 1.94. The Hall–Kier alpha value is -1.10. The van der Waals surface area contributed by atoms with Crippen LogP contribution in [0, 0.1) is 0 Å². The van der Waals surface area contributed by atoms with Crippen molar-refractivity contribution >= 4 is 23.4 Å². The van der Waals surface area contributed by atoms with Crippen molar-refractivity contribution < 1.29 is 0 Å². The highest BCUT2D eigenvalue weighted by Gasteiger charge is 2.13. The molecule has 0 aromatic carbocycles. The highest BCUT2D eigenvalue weighted by Crippen LogP contribution is 2.17. The molecule has 0 bridgehead atoms. The van der Waals surface area contributed by atoms with Gasteiger partial charge in [0.15, 0.2) is 5.82 Å². The minimum atomic E-state index is 0.623. The second kappa shape index (κ2) is 4.61. The summed E-state index contributed by atoms with van der Waals surface area (Å²) in [5, 5.41) is 3.83. The Morgan fingerprint density at radius 3 is 3.00 bits per heavy atom. The molecule has 1 aromatic rings. The van der Waals surface area contributed by atoms with E-state index in [9.17, 15) is 0 Å². The maximum atomic E-state index is 4.42. The zero-order valence-corrected chi connectivity index (χ0v) is 9.71. The summed E-state index contributed by atoms with van der Waals surface area (Å²) in [5.41, 5.74) is 0.927. The molecule has 80 valence electrons. The first-order valence-electron chi connectivity index (χ1n) is 4.97. The summed E-state index contributed by atoms with van der Waals surface area (Å²) in [6, 6.07) is 0. The van der Waals surface area contributed by atoms with Crippen LogP contribution in [0.5, 0.6) is 0 Å². The third-order valence-corrected chi connectivity index (χ3v) is 3.12. The van der Waals surface area contributed by atoms with Crippen molar-refractivity contribution in [3.05, 3.63) is 18.1 Å². The van der Waals surface area contributed by atoms with E-state index in [1.54, 1.807) is 12.4 Å². The number of thioether (sulfide) groups is 1. The fraction of sp³-hybridized carbons (Fsp3) is 0.500. The van der Waals surface area contributed by atoms with Gasteiger partial charge in [-0.25, -0.2) is 4.98 Å². The molecule has 0 saturated carbocycles. The molecule has 0 spiro atoms. The Kier molecular flexibility index (Phi) is 3.20. The lowest BCUT2D eigenvalue weighted by Gasteiger charge is -2.16. The zero-order valence-electron chi connectivity index (χ0n) is 8.90. The van der Waals surface area contributed by atoms with Crippen LogP contribution in [0.15, 0.2) is 17.4 Å². The standard InChI is InChI=1S/C10H14N4S/c1-7(2)15-6-9-13-5-8-10(14-9)12-4-3-11-8/h3-4,7H,5-6H2,1-2H3,(H,12,13,14). The largest absolute Gasteiger partial charge is 0.326 e. The SMILES string of the molecule is CC(C)SCC1=NCc2nccnc2N1. The van der Waals surface area contributed by atoms with Crippen molar-refractivity contribution in [3.63, 3.8) is 0 Å². The van der Waals surface area contributed by atoms with Gasteiger partial charge in [0.1, 0.15) is 11.5 Å². The van der Waals surface area contributed by atoms with Crippen molar-refractivity contribution in [2.24, 2.45) is 4.99 Å². The van der Waals surface area contributed by atoms with Crippen molar-refractivity contribution in [2.45, 2.75) is 25.6 Å². The summed E-state index contributed by atoms with van der Waals surface area (Å²) < 4.78 is 0. The molecular weight excluding hydrogens is 208 g/mol. The number of amidine groups is 1. The van der Waals surface area contributed by atoms with E-state index in [2.05, 4.69) is 34.1 Å². The minimum Gasteiger partial charge on any atom is -0.326 e. The van der Waals surface area contributed by atoms with Gasteiger partial charge in [0.2, 0.25) is 0 Å². The van der Waals surface area contributed by atoms with E-state index in [0.29, 0.717) is 11.8 Å². The monoisotopic (exact) mass is 222 g/mol. The van der Waals surface area contributed by atoms with Crippen LogP contribution < -0.4 is 5.32 Å². The van der Waals surface area contributed by atoms with E-state index < -0.39 is 0 Å². The third-order valence-electron chi connectivity index (χ3n) is 2.01. The van der Waals surface area contributed by atoms with E-state index in [1.165, 1.54) is 0 Å². The number of hydrogen-bond acceptors (Lipinski definition) is 5. The molecule has 2 rings (SSSR count). The maximum Gasteiger partial charge on any atom is 0.154 e. The molecule has 5 heteroatoms. The lowest BCUT2D eigenvalue weighted by molar-refractivity contribution is 0.947. The van der Waals surface area contributed by atoms with Gasteiger partial charge < -0.3 is 5.32 Å². The van der Waals surface area contributed by atoms with Crippen molar-refractivity contribution in [3.8, 4) is 0 Å². The van der Waals surface area contributed by atoms with Crippen molar-refractivity contribution in [1.29, 1.82) is 0 Å². The normalized spacial score (nSPS) is 14.5. The highest BCUT2D eigenvalue weighted by atomic mass is 32.2. The van der Waals surface area contributed by atoms with Gasteiger partial charge in [0.05, 0.1) is 12.3 Å². The number of rotatable bonds is 3. The predicted molar refractivity (Wildman–Crippen MR) is 64.4 cm³/mol. The molecule has 0 fully saturated rings. The zero-order chi connectivity index (χ0) is 10.7. The van der Waals surface area contributed by atoms with E-state index in [-0.39, 0.29) is 0 Å². The van der Waals surface area contributed by atoms with Crippen LogP contribution in [0.3, 0.4) is 0 Å². The first-order chi connectivity index (χ1) is 7.25. The molecule has 0 radical (unpaired) electrons. The molecule has 0 saturated heterocycles. The smallest absolute Gasteiger partial charge is 0.154 e. The molecule has 2 heterocycles. The molecule has 0 amide bonds. The molecule has 1 aliphatic rings. The summed E-state index contributed by atoms with van der Waals surface area (Å²) >= 11 is 1.87. The van der Waals surface area contributed by atoms with Gasteiger partial charge in [-0.05, 0) is 5.25 Å². The van der Waals surface area contributed by atoms with Crippen LogP contribution in [0.4, 0.5) is 5.82 Å². The van der Waals surface area contributed by atoms with Gasteiger partial charge in [-0.3, -0.25) is 9.98 Å². The Balaban J connectivity index is 2.00. The summed E-state index contributed by atoms with van der Waals surface area (Å²) in [4.78, 5) is 12.9. The molecule has 0 aliphatic carbocycles. The average Bonchev–Trinajstić information content (AvgIpc) is 2.26. The number of fused-ring (bicyclic) bond motifs is 1. The van der Waals surface area contributed by atoms with Gasteiger partial charge in [0, 0.05) is 12.4 Å². The Morgan fingerprint density at radius 2 is 2.20 bits per heavy atom. The Labute approximate surface area is 93.6 Å². The number of anilines is 1. The molecule has 1 aromatic heterocycles. The van der Waals surface area contributed by atoms with E-state index in [0.717, 1.165) is 23.1 Å². The second-order valence-electron chi connectivity index (χ2n) is 3.60. The van der Waals surface area contributed by atoms with Crippen molar-refractivity contribution in [2.75, 3.05) is 11.1 Å². The summed E-state index contributed by atoms with van der Waals surface area (Å²) in [7, 11) is 0. The van der Waals surface area contributed by atoms with Crippen LogP contribution in [0.2, 0.25) is 0 Å². The molecule has 15 heavy (non-hydrogen) atoms. The molecule has 1 aliphatic heterocycles. The van der Waals surface area contributed by atoms with Crippen LogP contribution in [-0.2, 0) is 6.54 Å². The molecular formula is C10H14N4S. The van der Waals surface area contributed by atoms with Gasteiger partial charge in [-0.15, -0.1) is 0 Å². The summed E-state index contributed by atoms with van der Waals surface area (Å²) in [5.74, 6) is 2.77. The average molecular weight is 222 g/mol. The molecule has 1 N–H and O–H groups in total. The van der Waals surface area contributed by atoms with E-state index in [4.69, 9.17) is 0 Å². The van der Waals surface area contributed by atoms with Crippen molar-refractivity contribution in [1.82, 2.24) is 9.97 Å². The first-order valence-corrected chi connectivity index (χ1v) is 6.02. The van der Waals surface area contributed by atoms with Gasteiger partial charge in [-0.1, -0.05) is 13.8 Å². The quantitative estimate of drug-likeness (QED) is 0.849. The fourth-order valence-corrected chi connectivity index (χ4v) is 1.92. The summed E-state index contributed by atoms with van der Waals surface area (Å²) in [6.07, 6.45) is 3.40. The Bertz CT molecular complexity index is 375. The number of hydrogen-bond donors (Lipinski definition) is 1. The lowest BCUT2D eigenvalue weighted by atomic mass is 10.3. The first kappa shape index (κ1) is 10.4. The molecule has 4 nitrogen and oxygen atoms in total.